The molecule has 0 aliphatic carbocycles. The number of rotatable bonds is 7. The predicted molar refractivity (Wildman–Crippen MR) is 68.4 cm³/mol. The lowest BCUT2D eigenvalue weighted by Crippen LogP contribution is -2.36. The lowest BCUT2D eigenvalue weighted by atomic mass is 10.3. The van der Waals surface area contributed by atoms with Gasteiger partial charge in [0.25, 0.3) is 0 Å². The number of hydrogen-bond donors (Lipinski definition) is 3. The maximum absolute atomic E-state index is 12.9. The molecule has 0 heterocycles. The van der Waals surface area contributed by atoms with Crippen LogP contribution in [0.3, 0.4) is 0 Å². The summed E-state index contributed by atoms with van der Waals surface area (Å²) in [7, 11) is 0. The van der Waals surface area contributed by atoms with Crippen molar-refractivity contribution < 1.29 is 28.6 Å². The quantitative estimate of drug-likeness (QED) is 0.655. The van der Waals surface area contributed by atoms with Crippen LogP contribution in [0.1, 0.15) is 6.42 Å². The molecule has 0 aliphatic heterocycles. The van der Waals surface area contributed by atoms with E-state index in [0.29, 0.717) is 10.6 Å². The van der Waals surface area contributed by atoms with E-state index in [9.17, 15) is 18.4 Å². The molecular formula is C12H13F2NO4S. The lowest BCUT2D eigenvalue weighted by molar-refractivity contribution is -0.146. The molecule has 3 N–H and O–H groups in total. The number of carbonyl (C=O) groups excluding carboxylic acids is 1. The third-order valence-electron chi connectivity index (χ3n) is 2.27. The van der Waals surface area contributed by atoms with Crippen molar-refractivity contribution in [2.45, 2.75) is 17.4 Å². The fourth-order valence-electron chi connectivity index (χ4n) is 1.21. The molecule has 1 atom stereocenters. The van der Waals surface area contributed by atoms with E-state index in [0.717, 1.165) is 12.1 Å². The fourth-order valence-corrected chi connectivity index (χ4v) is 2.09. The Balaban J connectivity index is 2.28. The van der Waals surface area contributed by atoms with Crippen LogP contribution in [0.4, 0.5) is 8.78 Å². The van der Waals surface area contributed by atoms with E-state index >= 15 is 0 Å². The molecule has 0 saturated heterocycles. The number of nitrogens with one attached hydrogen (secondary N) is 1. The summed E-state index contributed by atoms with van der Waals surface area (Å²) in [4.78, 5) is 22.1. The van der Waals surface area contributed by atoms with Gasteiger partial charge in [0.05, 0.1) is 6.54 Å². The van der Waals surface area contributed by atoms with Crippen molar-refractivity contribution >= 4 is 23.6 Å². The molecular weight excluding hydrogens is 292 g/mol. The van der Waals surface area contributed by atoms with E-state index in [2.05, 4.69) is 5.32 Å². The molecule has 1 rings (SSSR count). The monoisotopic (exact) mass is 305 g/mol. The maximum Gasteiger partial charge on any atom is 0.334 e. The van der Waals surface area contributed by atoms with Crippen molar-refractivity contribution in [3.63, 3.8) is 0 Å². The smallest absolute Gasteiger partial charge is 0.334 e. The van der Waals surface area contributed by atoms with Crippen LogP contribution < -0.4 is 5.32 Å². The van der Waals surface area contributed by atoms with Crippen LogP contribution in [-0.2, 0) is 9.59 Å². The van der Waals surface area contributed by atoms with Crippen LogP contribution in [0.25, 0.3) is 0 Å². The third kappa shape index (κ3) is 5.54. The molecule has 5 nitrogen and oxygen atoms in total. The summed E-state index contributed by atoms with van der Waals surface area (Å²) in [5.41, 5.74) is 0. The molecule has 0 aliphatic rings. The molecule has 1 amide bonds. The van der Waals surface area contributed by atoms with Gasteiger partial charge in [-0.3, -0.25) is 4.79 Å². The first kappa shape index (κ1) is 16.4. The summed E-state index contributed by atoms with van der Waals surface area (Å²) in [6.07, 6.45) is -1.58. The second-order valence-electron chi connectivity index (χ2n) is 3.83. The zero-order valence-electron chi connectivity index (χ0n) is 10.3. The first-order valence-corrected chi connectivity index (χ1v) is 6.64. The molecule has 20 heavy (non-hydrogen) atoms. The number of aliphatic carboxylic acids is 1. The third-order valence-corrected chi connectivity index (χ3v) is 3.26. The number of carbonyl (C=O) groups is 2. The maximum atomic E-state index is 12.9. The van der Waals surface area contributed by atoms with Crippen LogP contribution >= 0.6 is 11.8 Å². The van der Waals surface area contributed by atoms with E-state index in [1.165, 1.54) is 17.8 Å². The number of aliphatic hydroxyl groups excluding tert-OH is 1. The molecule has 1 aromatic rings. The Hall–Kier alpha value is -1.67. The number of thioether (sulfide) groups is 1. The molecule has 0 aromatic heterocycles. The first-order chi connectivity index (χ1) is 9.40. The Labute approximate surface area is 118 Å². The van der Waals surface area contributed by atoms with Gasteiger partial charge in [0.15, 0.2) is 17.7 Å². The standard InChI is InChI=1S/C12H13F2NO4S/c13-8-2-1-7(5-9(8)14)20-4-3-11(17)15-6-10(16)12(18)19/h1-2,5,10,16H,3-4,6H2,(H,15,17)(H,18,19). The zero-order valence-corrected chi connectivity index (χ0v) is 11.1. The van der Waals surface area contributed by atoms with Gasteiger partial charge >= 0.3 is 5.97 Å². The topological polar surface area (TPSA) is 86.6 Å². The second-order valence-corrected chi connectivity index (χ2v) is 5.00. The van der Waals surface area contributed by atoms with E-state index in [1.54, 1.807) is 0 Å². The van der Waals surface area contributed by atoms with Crippen molar-refractivity contribution in [2.75, 3.05) is 12.3 Å². The number of hydrogen-bond acceptors (Lipinski definition) is 4. The largest absolute Gasteiger partial charge is 0.479 e. The highest BCUT2D eigenvalue weighted by molar-refractivity contribution is 7.99. The minimum absolute atomic E-state index is 0.0655. The van der Waals surface area contributed by atoms with Gasteiger partial charge in [-0.05, 0) is 18.2 Å². The minimum Gasteiger partial charge on any atom is -0.479 e. The first-order valence-electron chi connectivity index (χ1n) is 5.65. The number of aliphatic hydroxyl groups is 1. The Morgan fingerprint density at radius 1 is 1.30 bits per heavy atom. The SMILES string of the molecule is O=C(CCSc1ccc(F)c(F)c1)NCC(O)C(=O)O. The molecule has 8 heteroatoms. The minimum atomic E-state index is -1.64. The van der Waals surface area contributed by atoms with Crippen molar-refractivity contribution in [1.29, 1.82) is 0 Å². The summed E-state index contributed by atoms with van der Waals surface area (Å²) in [5, 5.41) is 19.6. The van der Waals surface area contributed by atoms with Crippen molar-refractivity contribution in [1.82, 2.24) is 5.32 Å². The molecule has 0 fully saturated rings. The molecule has 1 aromatic carbocycles. The van der Waals surface area contributed by atoms with Gasteiger partial charge in [0.2, 0.25) is 5.91 Å². The van der Waals surface area contributed by atoms with E-state index in [-0.39, 0.29) is 13.0 Å². The molecule has 0 spiro atoms. The predicted octanol–water partition coefficient (Wildman–Crippen LogP) is 1.01. The van der Waals surface area contributed by atoms with Crippen LogP contribution in [0.5, 0.6) is 0 Å². The van der Waals surface area contributed by atoms with Gasteiger partial charge in [0.1, 0.15) is 0 Å². The molecule has 0 radical (unpaired) electrons. The number of carboxylic acid groups (broad SMARTS) is 1. The molecule has 110 valence electrons. The highest BCUT2D eigenvalue weighted by Gasteiger charge is 2.13. The van der Waals surface area contributed by atoms with E-state index < -0.39 is 29.6 Å². The van der Waals surface area contributed by atoms with Gasteiger partial charge in [-0.1, -0.05) is 0 Å². The molecule has 0 saturated carbocycles. The number of benzene rings is 1. The average Bonchev–Trinajstić information content (AvgIpc) is 2.40. The van der Waals surface area contributed by atoms with Crippen LogP contribution in [0, 0.1) is 11.6 Å². The van der Waals surface area contributed by atoms with E-state index in [1.807, 2.05) is 0 Å². The fraction of sp³-hybridized carbons (Fsp3) is 0.333. The summed E-state index contributed by atoms with van der Waals surface area (Å²) in [6.45, 7) is -0.371. The molecule has 0 bridgehead atoms. The molecule has 1 unspecified atom stereocenters. The number of halogens is 2. The Bertz CT molecular complexity index is 498. The van der Waals surface area contributed by atoms with Crippen molar-refractivity contribution in [3.8, 4) is 0 Å². The summed E-state index contributed by atoms with van der Waals surface area (Å²) < 4.78 is 25.6. The van der Waals surface area contributed by atoms with Gasteiger partial charge in [-0.15, -0.1) is 11.8 Å². The summed E-state index contributed by atoms with van der Waals surface area (Å²) in [6, 6.07) is 3.43. The van der Waals surface area contributed by atoms with Crippen LogP contribution in [-0.4, -0.2) is 40.5 Å². The average molecular weight is 305 g/mol. The number of carboxylic acids is 1. The second kappa shape index (κ2) is 7.81. The number of amides is 1. The Morgan fingerprint density at radius 2 is 2.00 bits per heavy atom. The van der Waals surface area contributed by atoms with Crippen LogP contribution in [0.2, 0.25) is 0 Å². The van der Waals surface area contributed by atoms with Gasteiger partial charge in [-0.2, -0.15) is 0 Å². The van der Waals surface area contributed by atoms with Crippen molar-refractivity contribution in [3.05, 3.63) is 29.8 Å². The van der Waals surface area contributed by atoms with E-state index in [4.69, 9.17) is 10.2 Å². The summed E-state index contributed by atoms with van der Waals surface area (Å²) in [5.74, 6) is -3.42. The van der Waals surface area contributed by atoms with Gasteiger partial charge in [0, 0.05) is 17.1 Å². The highest BCUT2D eigenvalue weighted by atomic mass is 32.2. The summed E-state index contributed by atoms with van der Waals surface area (Å²) >= 11 is 1.17. The Morgan fingerprint density at radius 3 is 2.60 bits per heavy atom. The van der Waals surface area contributed by atoms with Crippen molar-refractivity contribution in [2.24, 2.45) is 0 Å². The van der Waals surface area contributed by atoms with Crippen LogP contribution in [0.15, 0.2) is 23.1 Å². The van der Waals surface area contributed by atoms with Gasteiger partial charge in [-0.25, -0.2) is 13.6 Å². The highest BCUT2D eigenvalue weighted by Crippen LogP contribution is 2.20. The van der Waals surface area contributed by atoms with Gasteiger partial charge < -0.3 is 15.5 Å². The Kier molecular flexibility index (Phi) is 6.40. The lowest BCUT2D eigenvalue weighted by Gasteiger charge is -2.07. The normalized spacial score (nSPS) is 11.9. The zero-order chi connectivity index (χ0) is 15.1.